The zero-order chi connectivity index (χ0) is 13.7. The topological polar surface area (TPSA) is 84.7 Å². The standard InChI is InChI=1S/C12H16N6O/c1-3-13-9-4-5-10(14-6-9)12(19)15-7-11-16-8-18(2)17-11/h4-6,8,13H,3,7H2,1-2H3,(H,15,19). The molecular formula is C12H16N6O. The molecule has 0 aromatic carbocycles. The van der Waals surface area contributed by atoms with Crippen molar-refractivity contribution in [3.63, 3.8) is 0 Å². The van der Waals surface area contributed by atoms with Crippen LogP contribution in [0.3, 0.4) is 0 Å². The van der Waals surface area contributed by atoms with Crippen LogP contribution in [-0.2, 0) is 13.6 Å². The van der Waals surface area contributed by atoms with Crippen LogP contribution in [0.5, 0.6) is 0 Å². The second-order valence-corrected chi connectivity index (χ2v) is 3.98. The lowest BCUT2D eigenvalue weighted by Gasteiger charge is -2.04. The third-order valence-corrected chi connectivity index (χ3v) is 2.43. The van der Waals surface area contributed by atoms with Crippen molar-refractivity contribution in [3.05, 3.63) is 36.2 Å². The smallest absolute Gasteiger partial charge is 0.270 e. The number of pyridine rings is 1. The van der Waals surface area contributed by atoms with Crippen molar-refractivity contribution in [2.75, 3.05) is 11.9 Å². The molecule has 2 N–H and O–H groups in total. The van der Waals surface area contributed by atoms with Gasteiger partial charge in [-0.25, -0.2) is 9.97 Å². The summed E-state index contributed by atoms with van der Waals surface area (Å²) in [6.07, 6.45) is 3.22. The molecule has 0 saturated carbocycles. The molecule has 19 heavy (non-hydrogen) atoms. The molecule has 7 heteroatoms. The lowest BCUT2D eigenvalue weighted by Crippen LogP contribution is -2.24. The summed E-state index contributed by atoms with van der Waals surface area (Å²) in [5, 5.41) is 9.91. The Balaban J connectivity index is 1.92. The number of anilines is 1. The van der Waals surface area contributed by atoms with Gasteiger partial charge in [-0.1, -0.05) is 0 Å². The number of rotatable bonds is 5. The zero-order valence-corrected chi connectivity index (χ0v) is 10.9. The van der Waals surface area contributed by atoms with Crippen LogP contribution >= 0.6 is 0 Å². The molecule has 0 aliphatic heterocycles. The van der Waals surface area contributed by atoms with Gasteiger partial charge in [0.15, 0.2) is 5.82 Å². The van der Waals surface area contributed by atoms with Gasteiger partial charge >= 0.3 is 0 Å². The Labute approximate surface area is 111 Å². The molecule has 0 bridgehead atoms. The van der Waals surface area contributed by atoms with Gasteiger partial charge in [-0.3, -0.25) is 9.48 Å². The summed E-state index contributed by atoms with van der Waals surface area (Å²) in [6.45, 7) is 3.11. The first-order valence-corrected chi connectivity index (χ1v) is 6.01. The van der Waals surface area contributed by atoms with Crippen LogP contribution in [0.2, 0.25) is 0 Å². The third-order valence-electron chi connectivity index (χ3n) is 2.43. The maximum Gasteiger partial charge on any atom is 0.270 e. The molecule has 100 valence electrons. The van der Waals surface area contributed by atoms with E-state index in [-0.39, 0.29) is 12.5 Å². The fourth-order valence-electron chi connectivity index (χ4n) is 1.55. The van der Waals surface area contributed by atoms with E-state index in [9.17, 15) is 4.79 Å². The second-order valence-electron chi connectivity index (χ2n) is 3.98. The van der Waals surface area contributed by atoms with Crippen LogP contribution in [-0.4, -0.2) is 32.2 Å². The maximum absolute atomic E-state index is 11.8. The monoisotopic (exact) mass is 260 g/mol. The van der Waals surface area contributed by atoms with E-state index in [1.54, 1.807) is 30.3 Å². The van der Waals surface area contributed by atoms with Gasteiger partial charge in [-0.15, -0.1) is 0 Å². The zero-order valence-electron chi connectivity index (χ0n) is 10.9. The summed E-state index contributed by atoms with van der Waals surface area (Å²) in [6, 6.07) is 3.50. The highest BCUT2D eigenvalue weighted by atomic mass is 16.1. The summed E-state index contributed by atoms with van der Waals surface area (Å²) in [5.41, 5.74) is 1.27. The number of amides is 1. The number of aryl methyl sites for hydroxylation is 1. The number of hydrogen-bond acceptors (Lipinski definition) is 5. The minimum absolute atomic E-state index is 0.240. The van der Waals surface area contributed by atoms with Crippen molar-refractivity contribution >= 4 is 11.6 Å². The van der Waals surface area contributed by atoms with E-state index in [0.29, 0.717) is 11.5 Å². The van der Waals surface area contributed by atoms with Crippen molar-refractivity contribution in [1.29, 1.82) is 0 Å². The highest BCUT2D eigenvalue weighted by Gasteiger charge is 2.08. The molecular weight excluding hydrogens is 244 g/mol. The molecule has 2 heterocycles. The Kier molecular flexibility index (Phi) is 4.07. The maximum atomic E-state index is 11.8. The molecule has 0 aliphatic carbocycles. The molecule has 1 amide bonds. The van der Waals surface area contributed by atoms with E-state index in [0.717, 1.165) is 12.2 Å². The van der Waals surface area contributed by atoms with E-state index in [2.05, 4.69) is 25.7 Å². The molecule has 2 rings (SSSR count). The van der Waals surface area contributed by atoms with E-state index >= 15 is 0 Å². The Morgan fingerprint density at radius 2 is 2.21 bits per heavy atom. The van der Waals surface area contributed by atoms with Crippen LogP contribution in [0.4, 0.5) is 5.69 Å². The molecule has 0 unspecified atom stereocenters. The predicted octanol–water partition coefficient (Wildman–Crippen LogP) is 0.572. The summed E-state index contributed by atoms with van der Waals surface area (Å²) in [7, 11) is 1.78. The van der Waals surface area contributed by atoms with Gasteiger partial charge in [0.2, 0.25) is 0 Å². The average molecular weight is 260 g/mol. The second kappa shape index (κ2) is 5.94. The number of hydrogen-bond donors (Lipinski definition) is 2. The molecule has 0 saturated heterocycles. The molecule has 2 aromatic heterocycles. The van der Waals surface area contributed by atoms with Gasteiger partial charge in [0.25, 0.3) is 5.91 Å². The van der Waals surface area contributed by atoms with Crippen molar-refractivity contribution in [3.8, 4) is 0 Å². The Morgan fingerprint density at radius 1 is 1.37 bits per heavy atom. The largest absolute Gasteiger partial charge is 0.384 e. The van der Waals surface area contributed by atoms with Crippen LogP contribution < -0.4 is 10.6 Å². The summed E-state index contributed by atoms with van der Waals surface area (Å²) in [5.74, 6) is 0.329. The molecule has 7 nitrogen and oxygen atoms in total. The number of carbonyl (C=O) groups is 1. The van der Waals surface area contributed by atoms with Crippen LogP contribution in [0.1, 0.15) is 23.2 Å². The van der Waals surface area contributed by atoms with Gasteiger partial charge in [0, 0.05) is 13.6 Å². The number of aromatic nitrogens is 4. The lowest BCUT2D eigenvalue weighted by molar-refractivity contribution is 0.0945. The first-order valence-electron chi connectivity index (χ1n) is 6.01. The normalized spacial score (nSPS) is 10.2. The van der Waals surface area contributed by atoms with Crippen molar-refractivity contribution in [1.82, 2.24) is 25.1 Å². The van der Waals surface area contributed by atoms with E-state index in [1.807, 2.05) is 13.0 Å². The van der Waals surface area contributed by atoms with Crippen LogP contribution in [0, 0.1) is 0 Å². The van der Waals surface area contributed by atoms with Crippen molar-refractivity contribution in [2.24, 2.45) is 7.05 Å². The summed E-state index contributed by atoms with van der Waals surface area (Å²) in [4.78, 5) is 20.0. The molecule has 0 aliphatic rings. The van der Waals surface area contributed by atoms with Gasteiger partial charge in [0.05, 0.1) is 18.4 Å². The van der Waals surface area contributed by atoms with Gasteiger partial charge in [-0.05, 0) is 19.1 Å². The van der Waals surface area contributed by atoms with Crippen LogP contribution in [0.15, 0.2) is 24.7 Å². The van der Waals surface area contributed by atoms with Gasteiger partial charge < -0.3 is 10.6 Å². The molecule has 0 radical (unpaired) electrons. The quantitative estimate of drug-likeness (QED) is 0.821. The first-order chi connectivity index (χ1) is 9.19. The SMILES string of the molecule is CCNc1ccc(C(=O)NCc2ncn(C)n2)nc1. The molecule has 0 spiro atoms. The molecule has 2 aromatic rings. The minimum Gasteiger partial charge on any atom is -0.384 e. The van der Waals surface area contributed by atoms with Crippen molar-refractivity contribution in [2.45, 2.75) is 13.5 Å². The Bertz CT molecular complexity index is 548. The van der Waals surface area contributed by atoms with Crippen molar-refractivity contribution < 1.29 is 4.79 Å². The fraction of sp³-hybridized carbons (Fsp3) is 0.333. The van der Waals surface area contributed by atoms with Gasteiger partial charge in [-0.2, -0.15) is 5.10 Å². The predicted molar refractivity (Wildman–Crippen MR) is 70.6 cm³/mol. The third kappa shape index (κ3) is 3.51. The Morgan fingerprint density at radius 3 is 2.79 bits per heavy atom. The van der Waals surface area contributed by atoms with E-state index in [1.165, 1.54) is 0 Å². The fourth-order valence-corrected chi connectivity index (χ4v) is 1.55. The summed E-state index contributed by atoms with van der Waals surface area (Å²) < 4.78 is 1.59. The van der Waals surface area contributed by atoms with Crippen LogP contribution in [0.25, 0.3) is 0 Å². The highest BCUT2D eigenvalue weighted by molar-refractivity contribution is 5.92. The molecule has 0 fully saturated rings. The highest BCUT2D eigenvalue weighted by Crippen LogP contribution is 2.05. The number of carbonyl (C=O) groups excluding carboxylic acids is 1. The number of nitrogens with one attached hydrogen (secondary N) is 2. The van der Waals surface area contributed by atoms with Gasteiger partial charge in [0.1, 0.15) is 12.0 Å². The summed E-state index contributed by atoms with van der Waals surface area (Å²) >= 11 is 0. The molecule has 0 atom stereocenters. The van der Waals surface area contributed by atoms with E-state index < -0.39 is 0 Å². The average Bonchev–Trinajstić information content (AvgIpc) is 2.83. The lowest BCUT2D eigenvalue weighted by atomic mass is 10.3. The first kappa shape index (κ1) is 13.0. The van der Waals surface area contributed by atoms with E-state index in [4.69, 9.17) is 0 Å². The minimum atomic E-state index is -0.240. The number of nitrogens with zero attached hydrogens (tertiary/aromatic N) is 4. The Hall–Kier alpha value is -2.44.